The predicted molar refractivity (Wildman–Crippen MR) is 127 cm³/mol. The van der Waals surface area contributed by atoms with E-state index in [4.69, 9.17) is 15.0 Å². The van der Waals surface area contributed by atoms with Crippen molar-refractivity contribution in [3.63, 3.8) is 0 Å². The lowest BCUT2D eigenvalue weighted by Gasteiger charge is -2.42. The lowest BCUT2D eigenvalue weighted by molar-refractivity contribution is 0.124. The fourth-order valence-electron chi connectivity index (χ4n) is 5.85. The smallest absolute Gasteiger partial charge is 0.172 e. The molecule has 2 aliphatic carbocycles. The van der Waals surface area contributed by atoms with Gasteiger partial charge in [-0.15, -0.1) is 0 Å². The topological polar surface area (TPSA) is 51.0 Å². The quantitative estimate of drug-likeness (QED) is 0.476. The zero-order valence-corrected chi connectivity index (χ0v) is 19.0. The first kappa shape index (κ1) is 19.7. The van der Waals surface area contributed by atoms with Crippen molar-refractivity contribution in [2.24, 2.45) is 10.2 Å². The molecule has 3 aliphatic rings. The maximum Gasteiger partial charge on any atom is 0.172 e. The molecule has 1 heterocycles. The van der Waals surface area contributed by atoms with Gasteiger partial charge in [-0.05, 0) is 31.1 Å². The lowest BCUT2D eigenvalue weighted by atomic mass is 9.83. The first-order valence-electron chi connectivity index (χ1n) is 11.2. The van der Waals surface area contributed by atoms with E-state index < -0.39 is 12.4 Å². The van der Waals surface area contributed by atoms with Crippen molar-refractivity contribution in [1.29, 1.82) is 0 Å². The van der Waals surface area contributed by atoms with E-state index in [1.54, 1.807) is 0 Å². The predicted octanol–water partition coefficient (Wildman–Crippen LogP) is 5.73. The Kier molecular flexibility index (Phi) is 4.32. The zero-order chi connectivity index (χ0) is 21.9. The largest absolute Gasteiger partial charge is 0.493 e. The molecule has 4 nitrogen and oxygen atoms in total. The monoisotopic (exact) mass is 440 g/mol. The fourth-order valence-corrected chi connectivity index (χ4v) is 9.61. The third kappa shape index (κ3) is 2.42. The summed E-state index contributed by atoms with van der Waals surface area (Å²) >= 11 is 0. The van der Waals surface area contributed by atoms with Crippen LogP contribution < -0.4 is 10.6 Å². The normalized spacial score (nSPS) is 27.3. The van der Waals surface area contributed by atoms with Crippen LogP contribution in [0.2, 0.25) is 0 Å². The SMILES string of the molecule is CC(C)OC1=CC2c3ccccc3C3C1N=NC23P(=O)(c1ccccc1)c1ccccc1. The highest BCUT2D eigenvalue weighted by atomic mass is 31.2. The second-order valence-corrected chi connectivity index (χ2v) is 12.0. The molecule has 5 heteroatoms. The van der Waals surface area contributed by atoms with Crippen LogP contribution in [0, 0.1) is 0 Å². The van der Waals surface area contributed by atoms with Gasteiger partial charge < -0.3 is 9.30 Å². The summed E-state index contributed by atoms with van der Waals surface area (Å²) in [6, 6.07) is 27.9. The number of nitrogens with zero attached hydrogens (tertiary/aromatic N) is 2. The molecule has 0 radical (unpaired) electrons. The summed E-state index contributed by atoms with van der Waals surface area (Å²) in [5.41, 5.74) is 2.38. The second kappa shape index (κ2) is 7.02. The Labute approximate surface area is 188 Å². The number of fused-ring (bicyclic) bond motifs is 2. The van der Waals surface area contributed by atoms with Crippen LogP contribution in [0.1, 0.15) is 36.8 Å². The Morgan fingerprint density at radius 2 is 1.41 bits per heavy atom. The molecule has 4 atom stereocenters. The molecule has 4 unspecified atom stereocenters. The van der Waals surface area contributed by atoms with Crippen LogP contribution in [-0.4, -0.2) is 17.4 Å². The Morgan fingerprint density at radius 3 is 2.00 bits per heavy atom. The van der Waals surface area contributed by atoms with Gasteiger partial charge in [0.25, 0.3) is 0 Å². The molecule has 0 N–H and O–H groups in total. The summed E-state index contributed by atoms with van der Waals surface area (Å²) in [4.78, 5) is 0. The lowest BCUT2D eigenvalue weighted by Crippen LogP contribution is -2.45. The van der Waals surface area contributed by atoms with Crippen molar-refractivity contribution < 1.29 is 9.30 Å². The maximum absolute atomic E-state index is 15.6. The second-order valence-electron chi connectivity index (χ2n) is 9.04. The minimum atomic E-state index is -3.24. The van der Waals surface area contributed by atoms with Gasteiger partial charge in [0.1, 0.15) is 11.8 Å². The highest BCUT2D eigenvalue weighted by Crippen LogP contribution is 2.76. The molecule has 0 fully saturated rings. The van der Waals surface area contributed by atoms with E-state index in [0.29, 0.717) is 0 Å². The van der Waals surface area contributed by atoms with Crippen molar-refractivity contribution in [2.45, 2.75) is 43.1 Å². The average Bonchev–Trinajstić information content (AvgIpc) is 3.24. The van der Waals surface area contributed by atoms with Gasteiger partial charge in [-0.1, -0.05) is 84.9 Å². The molecule has 32 heavy (non-hydrogen) atoms. The molecule has 0 amide bonds. The summed E-state index contributed by atoms with van der Waals surface area (Å²) in [5, 5.41) is 10.5. The molecule has 6 rings (SSSR count). The van der Waals surface area contributed by atoms with E-state index in [-0.39, 0.29) is 24.0 Å². The van der Waals surface area contributed by atoms with Crippen molar-refractivity contribution in [3.05, 3.63) is 108 Å². The van der Waals surface area contributed by atoms with Crippen LogP contribution in [-0.2, 0) is 9.30 Å². The van der Waals surface area contributed by atoms with E-state index in [9.17, 15) is 0 Å². The van der Waals surface area contributed by atoms with E-state index in [2.05, 4.69) is 30.3 Å². The van der Waals surface area contributed by atoms with Crippen LogP contribution in [0.25, 0.3) is 0 Å². The Bertz CT molecular complexity index is 1240. The number of hydrogen-bond donors (Lipinski definition) is 0. The van der Waals surface area contributed by atoms with Crippen molar-refractivity contribution >= 4 is 17.8 Å². The highest BCUT2D eigenvalue weighted by Gasteiger charge is 2.71. The van der Waals surface area contributed by atoms with Crippen molar-refractivity contribution in [3.8, 4) is 0 Å². The van der Waals surface area contributed by atoms with Crippen LogP contribution in [0.4, 0.5) is 0 Å². The molecule has 160 valence electrons. The minimum Gasteiger partial charge on any atom is -0.493 e. The van der Waals surface area contributed by atoms with Gasteiger partial charge in [0.15, 0.2) is 12.4 Å². The van der Waals surface area contributed by atoms with Crippen LogP contribution in [0.5, 0.6) is 0 Å². The van der Waals surface area contributed by atoms with Gasteiger partial charge in [0.2, 0.25) is 0 Å². The maximum atomic E-state index is 15.6. The van der Waals surface area contributed by atoms with Gasteiger partial charge in [0.05, 0.1) is 12.0 Å². The van der Waals surface area contributed by atoms with Gasteiger partial charge in [-0.2, -0.15) is 10.2 Å². The Morgan fingerprint density at radius 1 is 0.844 bits per heavy atom. The standard InChI is InChI=1S/C27H25N2O2P/c1-18(2)31-24-17-23-21-15-9-10-16-22(21)25-26(24)28-29-27(23,25)32(30,19-11-5-3-6-12-19)20-13-7-4-8-14-20/h3-18,23,25-26H,1-2H3. The molecular weight excluding hydrogens is 415 g/mol. The Hall–Kier alpha value is -2.97. The first-order chi connectivity index (χ1) is 15.6. The first-order valence-corrected chi connectivity index (χ1v) is 12.9. The Balaban J connectivity index is 1.66. The summed E-state index contributed by atoms with van der Waals surface area (Å²) in [5.74, 6) is 0.579. The van der Waals surface area contributed by atoms with Gasteiger partial charge in [0, 0.05) is 16.5 Å². The minimum absolute atomic E-state index is 0.0436. The molecule has 3 aromatic carbocycles. The molecule has 0 aromatic heterocycles. The summed E-state index contributed by atoms with van der Waals surface area (Å²) in [6.07, 6.45) is 2.20. The highest BCUT2D eigenvalue weighted by molar-refractivity contribution is 7.80. The fraction of sp³-hybridized carbons (Fsp3) is 0.259. The van der Waals surface area contributed by atoms with E-state index >= 15 is 4.57 Å². The van der Waals surface area contributed by atoms with Crippen LogP contribution >= 0.6 is 7.14 Å². The van der Waals surface area contributed by atoms with Gasteiger partial charge >= 0.3 is 0 Å². The number of hydrogen-bond acceptors (Lipinski definition) is 4. The summed E-state index contributed by atoms with van der Waals surface area (Å²) in [6.45, 7) is 4.06. The van der Waals surface area contributed by atoms with Crippen LogP contribution in [0.3, 0.4) is 0 Å². The number of rotatable bonds is 5. The molecule has 4 bridgehead atoms. The molecule has 0 saturated carbocycles. The third-order valence-electron chi connectivity index (χ3n) is 6.98. The zero-order valence-electron chi connectivity index (χ0n) is 18.1. The van der Waals surface area contributed by atoms with E-state index in [1.165, 1.54) is 11.1 Å². The average molecular weight is 440 g/mol. The van der Waals surface area contributed by atoms with Crippen molar-refractivity contribution in [1.82, 2.24) is 0 Å². The van der Waals surface area contributed by atoms with Gasteiger partial charge in [-0.25, -0.2) is 0 Å². The van der Waals surface area contributed by atoms with E-state index in [1.807, 2.05) is 74.5 Å². The molecular formula is C27H25N2O2P. The van der Waals surface area contributed by atoms with Gasteiger partial charge in [-0.3, -0.25) is 0 Å². The van der Waals surface area contributed by atoms with E-state index in [0.717, 1.165) is 16.4 Å². The number of benzene rings is 3. The molecule has 3 aromatic rings. The van der Waals surface area contributed by atoms with Crippen LogP contribution in [0.15, 0.2) is 107 Å². The van der Waals surface area contributed by atoms with Crippen molar-refractivity contribution in [2.75, 3.05) is 0 Å². The molecule has 0 spiro atoms. The summed E-state index contributed by atoms with van der Waals surface area (Å²) in [7, 11) is -3.24. The number of ether oxygens (including phenoxy) is 1. The molecule has 0 saturated heterocycles. The summed E-state index contributed by atoms with van der Waals surface area (Å²) < 4.78 is 21.8. The number of azo groups is 1. The third-order valence-corrected chi connectivity index (χ3v) is 10.7. The molecule has 1 aliphatic heterocycles.